The van der Waals surface area contributed by atoms with Crippen LogP contribution in [0.15, 0.2) is 42.5 Å². The maximum absolute atomic E-state index is 10.0. The Hall–Kier alpha value is -1.71. The van der Waals surface area contributed by atoms with E-state index in [2.05, 4.69) is 0 Å². The number of rotatable bonds is 6. The fourth-order valence-electron chi connectivity index (χ4n) is 2.12. The molecule has 0 amide bonds. The first-order valence-electron chi connectivity index (χ1n) is 6.88. The van der Waals surface area contributed by atoms with Crippen molar-refractivity contribution in [3.05, 3.63) is 58.6 Å². The van der Waals surface area contributed by atoms with Crippen LogP contribution in [0.3, 0.4) is 0 Å². The standard InChI is InChI=1S/C17H19ClO3/c1-3-15(19)14-6-4-5-7-17(14)21-11-12-10-13(18)8-9-16(12)20-2/h4-10,15,19H,3,11H2,1-2H3. The first kappa shape index (κ1) is 15.7. The quantitative estimate of drug-likeness (QED) is 0.861. The lowest BCUT2D eigenvalue weighted by atomic mass is 10.1. The molecule has 2 rings (SSSR count). The van der Waals surface area contributed by atoms with Gasteiger partial charge in [-0.2, -0.15) is 0 Å². The highest BCUT2D eigenvalue weighted by molar-refractivity contribution is 6.30. The lowest BCUT2D eigenvalue weighted by Gasteiger charge is -2.16. The molecular weight excluding hydrogens is 288 g/mol. The van der Waals surface area contributed by atoms with E-state index in [9.17, 15) is 5.11 Å². The van der Waals surface area contributed by atoms with E-state index in [1.807, 2.05) is 43.3 Å². The minimum Gasteiger partial charge on any atom is -0.496 e. The van der Waals surface area contributed by atoms with Crippen LogP contribution < -0.4 is 9.47 Å². The van der Waals surface area contributed by atoms with Gasteiger partial charge in [-0.1, -0.05) is 36.7 Å². The van der Waals surface area contributed by atoms with E-state index >= 15 is 0 Å². The molecule has 1 atom stereocenters. The summed E-state index contributed by atoms with van der Waals surface area (Å²) < 4.78 is 11.1. The molecule has 21 heavy (non-hydrogen) atoms. The van der Waals surface area contributed by atoms with Gasteiger partial charge in [0.25, 0.3) is 0 Å². The van der Waals surface area contributed by atoms with Gasteiger partial charge in [0.15, 0.2) is 0 Å². The molecule has 2 aromatic carbocycles. The van der Waals surface area contributed by atoms with E-state index in [-0.39, 0.29) is 0 Å². The smallest absolute Gasteiger partial charge is 0.125 e. The van der Waals surface area contributed by atoms with Crippen molar-refractivity contribution in [1.82, 2.24) is 0 Å². The molecule has 0 aliphatic heterocycles. The van der Waals surface area contributed by atoms with E-state index in [0.717, 1.165) is 16.9 Å². The van der Waals surface area contributed by atoms with Gasteiger partial charge in [0.1, 0.15) is 18.1 Å². The van der Waals surface area contributed by atoms with E-state index in [1.54, 1.807) is 13.2 Å². The summed E-state index contributed by atoms with van der Waals surface area (Å²) in [5.74, 6) is 1.40. The molecular formula is C17H19ClO3. The molecule has 0 bridgehead atoms. The number of methoxy groups -OCH3 is 1. The highest BCUT2D eigenvalue weighted by atomic mass is 35.5. The molecule has 2 aromatic rings. The van der Waals surface area contributed by atoms with E-state index in [4.69, 9.17) is 21.1 Å². The second-order valence-corrected chi connectivity index (χ2v) is 5.14. The monoisotopic (exact) mass is 306 g/mol. The van der Waals surface area contributed by atoms with Crippen molar-refractivity contribution in [3.63, 3.8) is 0 Å². The topological polar surface area (TPSA) is 38.7 Å². The Balaban J connectivity index is 2.19. The molecule has 112 valence electrons. The zero-order valence-corrected chi connectivity index (χ0v) is 12.9. The first-order valence-corrected chi connectivity index (χ1v) is 7.25. The summed E-state index contributed by atoms with van der Waals surface area (Å²) in [6, 6.07) is 12.9. The van der Waals surface area contributed by atoms with Crippen molar-refractivity contribution in [2.75, 3.05) is 7.11 Å². The number of aliphatic hydroxyl groups is 1. The van der Waals surface area contributed by atoms with Crippen LogP contribution in [-0.2, 0) is 6.61 Å². The predicted molar refractivity (Wildman–Crippen MR) is 84.0 cm³/mol. The number of ether oxygens (including phenoxy) is 2. The third-order valence-electron chi connectivity index (χ3n) is 3.29. The average Bonchev–Trinajstić information content (AvgIpc) is 2.52. The average molecular weight is 307 g/mol. The van der Waals surface area contributed by atoms with Gasteiger partial charge in [-0.05, 0) is 30.7 Å². The van der Waals surface area contributed by atoms with Crippen molar-refractivity contribution in [3.8, 4) is 11.5 Å². The van der Waals surface area contributed by atoms with Crippen LogP contribution in [0, 0.1) is 0 Å². The second-order valence-electron chi connectivity index (χ2n) is 4.71. The largest absolute Gasteiger partial charge is 0.496 e. The molecule has 0 aliphatic carbocycles. The molecule has 0 saturated heterocycles. The van der Waals surface area contributed by atoms with Gasteiger partial charge >= 0.3 is 0 Å². The minimum absolute atomic E-state index is 0.331. The fourth-order valence-corrected chi connectivity index (χ4v) is 2.32. The van der Waals surface area contributed by atoms with Crippen molar-refractivity contribution in [1.29, 1.82) is 0 Å². The molecule has 4 heteroatoms. The highest BCUT2D eigenvalue weighted by Gasteiger charge is 2.12. The molecule has 0 spiro atoms. The predicted octanol–water partition coefficient (Wildman–Crippen LogP) is 4.37. The van der Waals surface area contributed by atoms with E-state index in [0.29, 0.717) is 23.8 Å². The van der Waals surface area contributed by atoms with Gasteiger partial charge in [-0.15, -0.1) is 0 Å². The molecule has 1 N–H and O–H groups in total. The summed E-state index contributed by atoms with van der Waals surface area (Å²) in [5.41, 5.74) is 1.66. The van der Waals surface area contributed by atoms with Gasteiger partial charge in [0.2, 0.25) is 0 Å². The summed E-state index contributed by atoms with van der Waals surface area (Å²) in [4.78, 5) is 0. The Morgan fingerprint density at radius 3 is 2.62 bits per heavy atom. The number of benzene rings is 2. The molecule has 1 unspecified atom stereocenters. The summed E-state index contributed by atoms with van der Waals surface area (Å²) in [6.07, 6.45) is 0.114. The fraction of sp³-hybridized carbons (Fsp3) is 0.294. The number of para-hydroxylation sites is 1. The van der Waals surface area contributed by atoms with Crippen molar-refractivity contribution in [2.24, 2.45) is 0 Å². The maximum Gasteiger partial charge on any atom is 0.125 e. The Kier molecular flexibility index (Phi) is 5.48. The Morgan fingerprint density at radius 1 is 1.14 bits per heavy atom. The van der Waals surface area contributed by atoms with Crippen LogP contribution in [0.4, 0.5) is 0 Å². The number of hydrogen-bond acceptors (Lipinski definition) is 3. The Labute approximate surface area is 130 Å². The summed E-state index contributed by atoms with van der Waals surface area (Å²) >= 11 is 6.01. The van der Waals surface area contributed by atoms with Crippen LogP contribution in [0.25, 0.3) is 0 Å². The molecule has 0 radical (unpaired) electrons. The normalized spacial score (nSPS) is 12.0. The maximum atomic E-state index is 10.0. The third-order valence-corrected chi connectivity index (χ3v) is 3.53. The molecule has 0 aromatic heterocycles. The highest BCUT2D eigenvalue weighted by Crippen LogP contribution is 2.29. The molecule has 0 saturated carbocycles. The summed E-state index contributed by atoms with van der Waals surface area (Å²) in [7, 11) is 1.61. The number of aliphatic hydroxyl groups excluding tert-OH is 1. The van der Waals surface area contributed by atoms with Crippen molar-refractivity contribution < 1.29 is 14.6 Å². The summed E-state index contributed by atoms with van der Waals surface area (Å²) in [5, 5.41) is 10.7. The van der Waals surface area contributed by atoms with E-state index < -0.39 is 6.10 Å². The number of hydrogen-bond donors (Lipinski definition) is 1. The van der Waals surface area contributed by atoms with Gasteiger partial charge in [-0.25, -0.2) is 0 Å². The van der Waals surface area contributed by atoms with Crippen LogP contribution in [0.5, 0.6) is 11.5 Å². The zero-order chi connectivity index (χ0) is 15.2. The van der Waals surface area contributed by atoms with Gasteiger partial charge in [0.05, 0.1) is 13.2 Å². The van der Waals surface area contributed by atoms with Gasteiger partial charge < -0.3 is 14.6 Å². The van der Waals surface area contributed by atoms with Gasteiger partial charge in [-0.3, -0.25) is 0 Å². The minimum atomic E-state index is -0.526. The van der Waals surface area contributed by atoms with Crippen LogP contribution >= 0.6 is 11.6 Å². The SMILES string of the molecule is CCC(O)c1ccccc1OCc1cc(Cl)ccc1OC. The zero-order valence-electron chi connectivity index (χ0n) is 12.2. The number of halogens is 1. The lowest BCUT2D eigenvalue weighted by Crippen LogP contribution is -2.03. The van der Waals surface area contributed by atoms with Crippen LogP contribution in [0.1, 0.15) is 30.6 Å². The van der Waals surface area contributed by atoms with Gasteiger partial charge in [0, 0.05) is 16.1 Å². The molecule has 0 aliphatic rings. The Bertz CT molecular complexity index is 598. The van der Waals surface area contributed by atoms with Crippen LogP contribution in [0.2, 0.25) is 5.02 Å². The van der Waals surface area contributed by atoms with Crippen LogP contribution in [-0.4, -0.2) is 12.2 Å². The van der Waals surface area contributed by atoms with Crippen molar-refractivity contribution >= 4 is 11.6 Å². The summed E-state index contributed by atoms with van der Waals surface area (Å²) in [6.45, 7) is 2.26. The van der Waals surface area contributed by atoms with E-state index in [1.165, 1.54) is 0 Å². The second kappa shape index (κ2) is 7.34. The third kappa shape index (κ3) is 3.90. The lowest BCUT2D eigenvalue weighted by molar-refractivity contribution is 0.166. The molecule has 0 fully saturated rings. The first-order chi connectivity index (χ1) is 10.2. The molecule has 3 nitrogen and oxygen atoms in total. The van der Waals surface area contributed by atoms with Crippen molar-refractivity contribution in [2.45, 2.75) is 26.1 Å². The molecule has 0 heterocycles. The Morgan fingerprint density at radius 2 is 1.90 bits per heavy atom.